The van der Waals surface area contributed by atoms with Crippen LogP contribution in [0.1, 0.15) is 56.1 Å². The lowest BCUT2D eigenvalue weighted by molar-refractivity contribution is -0.321. The van der Waals surface area contributed by atoms with Crippen molar-refractivity contribution in [2.24, 2.45) is 5.92 Å². The Morgan fingerprint density at radius 1 is 1.03 bits per heavy atom. The van der Waals surface area contributed by atoms with Crippen molar-refractivity contribution in [1.82, 2.24) is 0 Å². The number of carbonyl (C=O) groups excluding carboxylic acids is 2. The zero-order valence-corrected chi connectivity index (χ0v) is 18.3. The van der Waals surface area contributed by atoms with Crippen LogP contribution in [-0.2, 0) is 14.6 Å². The minimum Gasteiger partial charge on any atom is -0.372 e. The molecule has 0 N–H and O–H groups in total. The Morgan fingerprint density at radius 3 is 2.30 bits per heavy atom. The number of hydrogen-bond donors (Lipinski definition) is 0. The van der Waals surface area contributed by atoms with E-state index in [1.165, 1.54) is 0 Å². The molecule has 1 unspecified atom stereocenters. The summed E-state index contributed by atoms with van der Waals surface area (Å²) >= 11 is 0. The average molecular weight is 408 g/mol. The van der Waals surface area contributed by atoms with Crippen LogP contribution >= 0.6 is 0 Å². The molecule has 0 radical (unpaired) electrons. The van der Waals surface area contributed by atoms with E-state index in [4.69, 9.17) is 9.78 Å². The second-order valence-corrected chi connectivity index (χ2v) is 8.31. The van der Waals surface area contributed by atoms with Crippen molar-refractivity contribution in [3.8, 4) is 0 Å². The van der Waals surface area contributed by atoms with Gasteiger partial charge in [-0.15, -0.1) is 0 Å². The third-order valence-corrected chi connectivity index (χ3v) is 5.01. The molecule has 0 heterocycles. The van der Waals surface area contributed by atoms with Gasteiger partial charge in [-0.25, -0.2) is 4.79 Å². The molecular weight excluding hydrogens is 378 g/mol. The van der Waals surface area contributed by atoms with Gasteiger partial charge in [0.2, 0.25) is 0 Å². The number of nitrogens with zero attached hydrogens (tertiary/aromatic N) is 1. The van der Waals surface area contributed by atoms with Crippen LogP contribution in [0.5, 0.6) is 0 Å². The third-order valence-electron chi connectivity index (χ3n) is 5.01. The Kier molecular flexibility index (Phi) is 6.42. The molecule has 0 amide bonds. The summed E-state index contributed by atoms with van der Waals surface area (Å²) in [5.41, 5.74) is 3.21. The van der Waals surface area contributed by atoms with Gasteiger partial charge in [0, 0.05) is 24.3 Å². The maximum Gasteiger partial charge on any atom is 0.357 e. The first-order chi connectivity index (χ1) is 14.2. The van der Waals surface area contributed by atoms with E-state index in [-0.39, 0.29) is 5.78 Å². The summed E-state index contributed by atoms with van der Waals surface area (Å²) in [6.45, 7) is 11.2. The summed E-state index contributed by atoms with van der Waals surface area (Å²) in [4.78, 5) is 38.5. The van der Waals surface area contributed by atoms with Gasteiger partial charge in [0.1, 0.15) is 11.5 Å². The van der Waals surface area contributed by atoms with Crippen LogP contribution in [0.2, 0.25) is 0 Å². The van der Waals surface area contributed by atoms with Crippen molar-refractivity contribution < 1.29 is 19.4 Å². The van der Waals surface area contributed by atoms with Crippen LogP contribution in [0.4, 0.5) is 5.69 Å². The second kappa shape index (κ2) is 8.84. The van der Waals surface area contributed by atoms with Crippen LogP contribution in [0.25, 0.3) is 11.6 Å². The minimum absolute atomic E-state index is 0.263. The zero-order chi connectivity index (χ0) is 21.9. The molecule has 0 saturated heterocycles. The number of fused-ring (bicyclic) bond motifs is 1. The van der Waals surface area contributed by atoms with Crippen LogP contribution < -0.4 is 4.90 Å². The van der Waals surface area contributed by atoms with E-state index in [0.717, 1.165) is 29.9 Å². The van der Waals surface area contributed by atoms with E-state index in [1.54, 1.807) is 20.8 Å². The molecule has 5 nitrogen and oxygen atoms in total. The smallest absolute Gasteiger partial charge is 0.357 e. The highest BCUT2D eigenvalue weighted by atomic mass is 17.2. The van der Waals surface area contributed by atoms with E-state index in [0.29, 0.717) is 11.1 Å². The van der Waals surface area contributed by atoms with Gasteiger partial charge in [0.15, 0.2) is 5.78 Å². The molecule has 158 valence electrons. The normalized spacial score (nSPS) is 17.2. The lowest BCUT2D eigenvalue weighted by Crippen LogP contribution is -2.28. The van der Waals surface area contributed by atoms with Crippen molar-refractivity contribution in [3.63, 3.8) is 0 Å². The Bertz CT molecular complexity index is 953. The Morgan fingerprint density at radius 2 is 1.70 bits per heavy atom. The predicted octanol–water partition coefficient (Wildman–Crippen LogP) is 5.16. The zero-order valence-electron chi connectivity index (χ0n) is 18.3. The monoisotopic (exact) mass is 407 g/mol. The summed E-state index contributed by atoms with van der Waals surface area (Å²) in [5.74, 6) is -2.01. The molecule has 1 aliphatic rings. The third kappa shape index (κ3) is 4.62. The molecule has 0 aromatic heterocycles. The van der Waals surface area contributed by atoms with E-state index in [1.807, 2.05) is 54.6 Å². The summed E-state index contributed by atoms with van der Waals surface area (Å²) in [5, 5.41) is 0. The summed E-state index contributed by atoms with van der Waals surface area (Å²) in [6.07, 6.45) is 1.89. The van der Waals surface area contributed by atoms with Gasteiger partial charge < -0.3 is 4.90 Å². The van der Waals surface area contributed by atoms with Crippen molar-refractivity contribution in [1.29, 1.82) is 0 Å². The van der Waals surface area contributed by atoms with Crippen LogP contribution in [-0.4, -0.2) is 30.4 Å². The summed E-state index contributed by atoms with van der Waals surface area (Å²) in [6, 6.07) is 15.4. The van der Waals surface area contributed by atoms with Gasteiger partial charge in [-0.1, -0.05) is 30.3 Å². The predicted molar refractivity (Wildman–Crippen MR) is 119 cm³/mol. The standard InChI is InChI=1S/C25H29NO4/c1-6-26(7-2)18-13-14-19-20(16-18)21(15-17-11-9-8-10-12-17)22(23(19)27)24(28)29-30-25(3,4)5/h8-16,22H,6-7H2,1-5H3. The highest BCUT2D eigenvalue weighted by Gasteiger charge is 2.42. The van der Waals surface area contributed by atoms with Crippen LogP contribution in [0.15, 0.2) is 48.5 Å². The first-order valence-electron chi connectivity index (χ1n) is 10.3. The topological polar surface area (TPSA) is 55.8 Å². The number of ketones is 1. The molecule has 0 saturated carbocycles. The highest BCUT2D eigenvalue weighted by molar-refractivity contribution is 6.25. The Balaban J connectivity index is 2.07. The van der Waals surface area contributed by atoms with Crippen LogP contribution in [0, 0.1) is 5.92 Å². The van der Waals surface area contributed by atoms with E-state index < -0.39 is 17.5 Å². The molecule has 0 aliphatic heterocycles. The fourth-order valence-electron chi connectivity index (χ4n) is 3.56. The maximum atomic E-state index is 13.2. The molecule has 2 aromatic rings. The van der Waals surface area contributed by atoms with Crippen molar-refractivity contribution in [2.75, 3.05) is 18.0 Å². The van der Waals surface area contributed by atoms with E-state index in [2.05, 4.69) is 18.7 Å². The highest BCUT2D eigenvalue weighted by Crippen LogP contribution is 2.41. The first-order valence-corrected chi connectivity index (χ1v) is 10.3. The Labute approximate surface area is 178 Å². The van der Waals surface area contributed by atoms with Crippen LogP contribution in [0.3, 0.4) is 0 Å². The largest absolute Gasteiger partial charge is 0.372 e. The number of benzene rings is 2. The minimum atomic E-state index is -1.05. The molecule has 1 atom stereocenters. The first kappa shape index (κ1) is 21.8. The molecule has 5 heteroatoms. The molecular formula is C25H29NO4. The molecule has 0 fully saturated rings. The number of anilines is 1. The number of carbonyl (C=O) groups is 2. The molecule has 3 rings (SSSR count). The fraction of sp³-hybridized carbons (Fsp3) is 0.360. The molecule has 0 spiro atoms. The lowest BCUT2D eigenvalue weighted by Gasteiger charge is -2.22. The average Bonchev–Trinajstić information content (AvgIpc) is 2.99. The number of Topliss-reactive ketones (excluding diaryl/α,β-unsaturated/α-hetero) is 1. The van der Waals surface area contributed by atoms with Crippen molar-refractivity contribution in [2.45, 2.75) is 40.2 Å². The summed E-state index contributed by atoms with van der Waals surface area (Å²) < 4.78 is 0. The molecule has 30 heavy (non-hydrogen) atoms. The van der Waals surface area contributed by atoms with Gasteiger partial charge in [0.05, 0.1) is 0 Å². The van der Waals surface area contributed by atoms with Gasteiger partial charge in [0.25, 0.3) is 0 Å². The Hall–Kier alpha value is -2.92. The van der Waals surface area contributed by atoms with E-state index in [9.17, 15) is 9.59 Å². The molecule has 2 aromatic carbocycles. The van der Waals surface area contributed by atoms with Gasteiger partial charge >= 0.3 is 5.97 Å². The number of rotatable bonds is 6. The summed E-state index contributed by atoms with van der Waals surface area (Å²) in [7, 11) is 0. The fourth-order valence-corrected chi connectivity index (χ4v) is 3.56. The van der Waals surface area contributed by atoms with E-state index >= 15 is 0 Å². The van der Waals surface area contributed by atoms with Crippen molar-refractivity contribution >= 4 is 29.1 Å². The van der Waals surface area contributed by atoms with Crippen molar-refractivity contribution in [3.05, 3.63) is 65.2 Å². The van der Waals surface area contributed by atoms with Gasteiger partial charge in [-0.05, 0) is 75.6 Å². The van der Waals surface area contributed by atoms with Gasteiger partial charge in [-0.2, -0.15) is 4.89 Å². The second-order valence-electron chi connectivity index (χ2n) is 8.31. The quantitative estimate of drug-likeness (QED) is 0.376. The molecule has 1 aliphatic carbocycles. The maximum absolute atomic E-state index is 13.2. The lowest BCUT2D eigenvalue weighted by atomic mass is 9.96. The van der Waals surface area contributed by atoms with Gasteiger partial charge in [-0.3, -0.25) is 9.68 Å². The SMILES string of the molecule is CCN(CC)c1ccc2c(c1)C(=Cc1ccccc1)C(C(=O)OOC(C)(C)C)C2=O. The number of hydrogen-bond acceptors (Lipinski definition) is 5. The molecule has 0 bridgehead atoms.